The molecule has 0 amide bonds. The SMILES string of the molecule is CC(C)n1cnc2cc(CCN)ccc21. The van der Waals surface area contributed by atoms with Crippen molar-refractivity contribution in [2.45, 2.75) is 26.3 Å². The molecule has 0 spiro atoms. The van der Waals surface area contributed by atoms with Crippen molar-refractivity contribution < 1.29 is 0 Å². The summed E-state index contributed by atoms with van der Waals surface area (Å²) in [6, 6.07) is 6.85. The highest BCUT2D eigenvalue weighted by Crippen LogP contribution is 2.18. The van der Waals surface area contributed by atoms with Crippen LogP contribution in [0.5, 0.6) is 0 Å². The maximum absolute atomic E-state index is 5.53. The van der Waals surface area contributed by atoms with Crippen LogP contribution < -0.4 is 5.73 Å². The van der Waals surface area contributed by atoms with Crippen molar-refractivity contribution in [1.82, 2.24) is 9.55 Å². The summed E-state index contributed by atoms with van der Waals surface area (Å²) in [4.78, 5) is 4.40. The molecule has 0 saturated carbocycles. The minimum Gasteiger partial charge on any atom is -0.330 e. The van der Waals surface area contributed by atoms with Crippen molar-refractivity contribution in [3.05, 3.63) is 30.1 Å². The molecular weight excluding hydrogens is 186 g/mol. The summed E-state index contributed by atoms with van der Waals surface area (Å²) in [5.74, 6) is 0. The van der Waals surface area contributed by atoms with E-state index >= 15 is 0 Å². The highest BCUT2D eigenvalue weighted by atomic mass is 15.1. The van der Waals surface area contributed by atoms with Crippen molar-refractivity contribution in [1.29, 1.82) is 0 Å². The molecule has 0 fully saturated rings. The van der Waals surface area contributed by atoms with Gasteiger partial charge in [0.1, 0.15) is 0 Å². The average molecular weight is 203 g/mol. The van der Waals surface area contributed by atoms with Gasteiger partial charge in [-0.1, -0.05) is 6.07 Å². The lowest BCUT2D eigenvalue weighted by atomic mass is 10.1. The normalized spacial score (nSPS) is 11.5. The van der Waals surface area contributed by atoms with E-state index in [4.69, 9.17) is 5.73 Å². The van der Waals surface area contributed by atoms with Crippen LogP contribution in [0.1, 0.15) is 25.5 Å². The second-order valence-electron chi connectivity index (χ2n) is 4.11. The summed E-state index contributed by atoms with van der Waals surface area (Å²) in [5, 5.41) is 0. The second kappa shape index (κ2) is 4.03. The molecule has 2 rings (SSSR count). The Morgan fingerprint density at radius 3 is 2.87 bits per heavy atom. The standard InChI is InChI=1S/C12H17N3/c1-9(2)15-8-14-11-7-10(5-6-13)3-4-12(11)15/h3-4,7-9H,5-6,13H2,1-2H3. The first-order valence-electron chi connectivity index (χ1n) is 5.38. The number of benzene rings is 1. The first-order chi connectivity index (χ1) is 7.22. The summed E-state index contributed by atoms with van der Waals surface area (Å²) in [6.07, 6.45) is 2.83. The molecule has 0 radical (unpaired) electrons. The van der Waals surface area contributed by atoms with E-state index in [0.717, 1.165) is 11.9 Å². The predicted molar refractivity (Wildman–Crippen MR) is 62.9 cm³/mol. The molecule has 0 aliphatic rings. The molecule has 2 N–H and O–H groups in total. The van der Waals surface area contributed by atoms with Gasteiger partial charge in [-0.05, 0) is 44.5 Å². The molecule has 0 bridgehead atoms. The van der Waals surface area contributed by atoms with E-state index in [1.807, 2.05) is 6.33 Å². The number of aromatic nitrogens is 2. The first kappa shape index (κ1) is 10.2. The lowest BCUT2D eigenvalue weighted by Gasteiger charge is -2.07. The monoisotopic (exact) mass is 203 g/mol. The Morgan fingerprint density at radius 2 is 2.20 bits per heavy atom. The molecule has 0 unspecified atom stereocenters. The van der Waals surface area contributed by atoms with E-state index in [2.05, 4.69) is 41.6 Å². The maximum atomic E-state index is 5.53. The Labute approximate surface area is 89.9 Å². The van der Waals surface area contributed by atoms with Crippen LogP contribution in [-0.4, -0.2) is 16.1 Å². The Kier molecular flexibility index (Phi) is 2.73. The topological polar surface area (TPSA) is 43.8 Å². The summed E-state index contributed by atoms with van der Waals surface area (Å²) >= 11 is 0. The number of fused-ring (bicyclic) bond motifs is 1. The fourth-order valence-corrected chi connectivity index (χ4v) is 1.81. The van der Waals surface area contributed by atoms with Crippen molar-refractivity contribution in [3.8, 4) is 0 Å². The summed E-state index contributed by atoms with van der Waals surface area (Å²) in [5.41, 5.74) is 9.06. The zero-order valence-corrected chi connectivity index (χ0v) is 9.27. The van der Waals surface area contributed by atoms with Gasteiger partial charge in [0, 0.05) is 6.04 Å². The maximum Gasteiger partial charge on any atom is 0.0960 e. The third-order valence-electron chi connectivity index (χ3n) is 2.63. The lowest BCUT2D eigenvalue weighted by molar-refractivity contribution is 0.617. The van der Waals surface area contributed by atoms with E-state index < -0.39 is 0 Å². The third-order valence-corrected chi connectivity index (χ3v) is 2.63. The van der Waals surface area contributed by atoms with Gasteiger partial charge in [0.15, 0.2) is 0 Å². The van der Waals surface area contributed by atoms with Gasteiger partial charge in [-0.3, -0.25) is 0 Å². The van der Waals surface area contributed by atoms with Crippen molar-refractivity contribution >= 4 is 11.0 Å². The molecular formula is C12H17N3. The minimum absolute atomic E-state index is 0.454. The zero-order chi connectivity index (χ0) is 10.8. The molecule has 3 heteroatoms. The minimum atomic E-state index is 0.454. The van der Waals surface area contributed by atoms with Crippen LogP contribution >= 0.6 is 0 Å². The van der Waals surface area contributed by atoms with Gasteiger partial charge >= 0.3 is 0 Å². The molecule has 2 aromatic rings. The Hall–Kier alpha value is -1.35. The second-order valence-corrected chi connectivity index (χ2v) is 4.11. The zero-order valence-electron chi connectivity index (χ0n) is 9.27. The smallest absolute Gasteiger partial charge is 0.0960 e. The van der Waals surface area contributed by atoms with Crippen LogP contribution in [-0.2, 0) is 6.42 Å². The van der Waals surface area contributed by atoms with Crippen LogP contribution in [0.15, 0.2) is 24.5 Å². The van der Waals surface area contributed by atoms with Gasteiger partial charge in [-0.2, -0.15) is 0 Å². The molecule has 80 valence electrons. The van der Waals surface area contributed by atoms with Crippen LogP contribution in [0.2, 0.25) is 0 Å². The largest absolute Gasteiger partial charge is 0.330 e. The quantitative estimate of drug-likeness (QED) is 0.830. The van der Waals surface area contributed by atoms with Gasteiger partial charge in [-0.25, -0.2) is 4.98 Å². The van der Waals surface area contributed by atoms with Crippen LogP contribution in [0.4, 0.5) is 0 Å². The number of imidazole rings is 1. The summed E-state index contributed by atoms with van der Waals surface area (Å²) in [7, 11) is 0. The average Bonchev–Trinajstić information content (AvgIpc) is 2.61. The lowest BCUT2D eigenvalue weighted by Crippen LogP contribution is -2.02. The molecule has 15 heavy (non-hydrogen) atoms. The molecule has 0 aliphatic carbocycles. The van der Waals surface area contributed by atoms with E-state index in [1.54, 1.807) is 0 Å². The number of nitrogens with zero attached hydrogens (tertiary/aromatic N) is 2. The van der Waals surface area contributed by atoms with E-state index in [-0.39, 0.29) is 0 Å². The van der Waals surface area contributed by atoms with Crippen LogP contribution in [0.25, 0.3) is 11.0 Å². The number of hydrogen-bond acceptors (Lipinski definition) is 2. The Balaban J connectivity index is 2.47. The van der Waals surface area contributed by atoms with Gasteiger partial charge in [0.2, 0.25) is 0 Å². The molecule has 1 heterocycles. The Morgan fingerprint density at radius 1 is 1.40 bits per heavy atom. The highest BCUT2D eigenvalue weighted by molar-refractivity contribution is 5.76. The van der Waals surface area contributed by atoms with E-state index in [9.17, 15) is 0 Å². The number of nitrogens with two attached hydrogens (primary N) is 1. The molecule has 0 atom stereocenters. The first-order valence-corrected chi connectivity index (χ1v) is 5.38. The molecule has 0 saturated heterocycles. The van der Waals surface area contributed by atoms with Crippen molar-refractivity contribution in [3.63, 3.8) is 0 Å². The van der Waals surface area contributed by atoms with E-state index in [1.165, 1.54) is 11.1 Å². The highest BCUT2D eigenvalue weighted by Gasteiger charge is 2.05. The fourth-order valence-electron chi connectivity index (χ4n) is 1.81. The predicted octanol–water partition coefficient (Wildman–Crippen LogP) is 2.12. The number of hydrogen-bond donors (Lipinski definition) is 1. The molecule has 3 nitrogen and oxygen atoms in total. The number of rotatable bonds is 3. The van der Waals surface area contributed by atoms with Gasteiger partial charge in [-0.15, -0.1) is 0 Å². The van der Waals surface area contributed by atoms with Crippen molar-refractivity contribution in [2.75, 3.05) is 6.54 Å². The molecule has 1 aromatic carbocycles. The van der Waals surface area contributed by atoms with Crippen LogP contribution in [0.3, 0.4) is 0 Å². The summed E-state index contributed by atoms with van der Waals surface area (Å²) < 4.78 is 2.18. The third kappa shape index (κ3) is 1.88. The molecule has 0 aliphatic heterocycles. The fraction of sp³-hybridized carbons (Fsp3) is 0.417. The summed E-state index contributed by atoms with van der Waals surface area (Å²) in [6.45, 7) is 5.01. The van der Waals surface area contributed by atoms with Crippen molar-refractivity contribution in [2.24, 2.45) is 5.73 Å². The Bertz CT molecular complexity index is 457. The van der Waals surface area contributed by atoms with Gasteiger partial charge in [0.05, 0.1) is 17.4 Å². The van der Waals surface area contributed by atoms with E-state index in [0.29, 0.717) is 12.6 Å². The van der Waals surface area contributed by atoms with Gasteiger partial charge in [0.25, 0.3) is 0 Å². The van der Waals surface area contributed by atoms with Gasteiger partial charge < -0.3 is 10.3 Å². The van der Waals surface area contributed by atoms with Crippen LogP contribution in [0, 0.1) is 0 Å². The molecule has 1 aromatic heterocycles.